The molecule has 0 amide bonds. The first-order valence-corrected chi connectivity index (χ1v) is 8.26. The van der Waals surface area contributed by atoms with Crippen LogP contribution in [0.15, 0.2) is 24.3 Å². The monoisotopic (exact) mass is 319 g/mol. The van der Waals surface area contributed by atoms with Crippen LogP contribution in [0.4, 0.5) is 0 Å². The van der Waals surface area contributed by atoms with Crippen LogP contribution in [0.25, 0.3) is 0 Å². The van der Waals surface area contributed by atoms with Gasteiger partial charge < -0.3 is 4.90 Å². The van der Waals surface area contributed by atoms with E-state index in [1.54, 1.807) is 26.0 Å². The van der Waals surface area contributed by atoms with E-state index in [1.807, 2.05) is 31.1 Å². The average Bonchev–Trinajstić information content (AvgIpc) is 2.29. The summed E-state index contributed by atoms with van der Waals surface area (Å²) in [6, 6.07) is 7.20. The summed E-state index contributed by atoms with van der Waals surface area (Å²) >= 11 is 5.87. The lowest BCUT2D eigenvalue weighted by molar-refractivity contribution is 0.299. The molecule has 0 saturated carbocycles. The number of nitrogens with zero attached hydrogens (tertiary/aromatic N) is 1. The molecule has 1 unspecified atom stereocenters. The van der Waals surface area contributed by atoms with Crippen molar-refractivity contribution in [3.05, 3.63) is 34.9 Å². The van der Waals surface area contributed by atoms with Gasteiger partial charge in [0, 0.05) is 23.7 Å². The number of halogens is 1. The Bertz CT molecular complexity index is 515. The van der Waals surface area contributed by atoms with Crippen molar-refractivity contribution in [2.45, 2.75) is 25.9 Å². The lowest BCUT2D eigenvalue weighted by Gasteiger charge is -2.25. The SMILES string of the molecule is CC(C)NS(=O)(=O)NCC(c1ccc(Cl)cc1)N(C)C. The number of rotatable bonds is 7. The molecule has 0 aliphatic carbocycles. The van der Waals surface area contributed by atoms with Gasteiger partial charge in [-0.15, -0.1) is 0 Å². The molecule has 0 spiro atoms. The van der Waals surface area contributed by atoms with E-state index in [1.165, 1.54) is 0 Å². The van der Waals surface area contributed by atoms with Gasteiger partial charge in [0.25, 0.3) is 10.2 Å². The van der Waals surface area contributed by atoms with E-state index >= 15 is 0 Å². The van der Waals surface area contributed by atoms with Gasteiger partial charge in [-0.1, -0.05) is 23.7 Å². The topological polar surface area (TPSA) is 61.4 Å². The molecule has 114 valence electrons. The molecule has 1 aromatic rings. The van der Waals surface area contributed by atoms with Crippen molar-refractivity contribution in [1.82, 2.24) is 14.3 Å². The van der Waals surface area contributed by atoms with Gasteiger partial charge in [0.2, 0.25) is 0 Å². The zero-order chi connectivity index (χ0) is 15.3. The second-order valence-electron chi connectivity index (χ2n) is 5.16. The van der Waals surface area contributed by atoms with Crippen LogP contribution in [0.3, 0.4) is 0 Å². The maximum Gasteiger partial charge on any atom is 0.277 e. The Morgan fingerprint density at radius 1 is 1.20 bits per heavy atom. The summed E-state index contributed by atoms with van der Waals surface area (Å²) in [6.07, 6.45) is 0. The molecule has 0 heterocycles. The van der Waals surface area contributed by atoms with Crippen LogP contribution < -0.4 is 9.44 Å². The van der Waals surface area contributed by atoms with Crippen molar-refractivity contribution >= 4 is 21.8 Å². The Kier molecular flexibility index (Phi) is 6.42. The second-order valence-corrected chi connectivity index (χ2v) is 7.12. The van der Waals surface area contributed by atoms with E-state index in [0.29, 0.717) is 5.02 Å². The number of benzene rings is 1. The smallest absolute Gasteiger partial charge is 0.277 e. The maximum absolute atomic E-state index is 11.8. The molecule has 5 nitrogen and oxygen atoms in total. The number of likely N-dealkylation sites (N-methyl/N-ethyl adjacent to an activating group) is 1. The van der Waals surface area contributed by atoms with Crippen molar-refractivity contribution in [3.8, 4) is 0 Å². The summed E-state index contributed by atoms with van der Waals surface area (Å²) in [5.41, 5.74) is 1.01. The number of nitrogens with one attached hydrogen (secondary N) is 2. The Hall–Kier alpha value is -0.660. The van der Waals surface area contributed by atoms with Gasteiger partial charge in [-0.2, -0.15) is 13.1 Å². The van der Waals surface area contributed by atoms with E-state index in [2.05, 4.69) is 9.44 Å². The van der Waals surface area contributed by atoms with Crippen LogP contribution in [0.2, 0.25) is 5.02 Å². The summed E-state index contributed by atoms with van der Waals surface area (Å²) in [5, 5.41) is 0.660. The van der Waals surface area contributed by atoms with Gasteiger partial charge in [-0.25, -0.2) is 4.72 Å². The van der Waals surface area contributed by atoms with E-state index < -0.39 is 10.2 Å². The van der Waals surface area contributed by atoms with Crippen LogP contribution in [-0.2, 0) is 10.2 Å². The minimum absolute atomic E-state index is 0.0593. The molecular formula is C13H22ClN3O2S. The lowest BCUT2D eigenvalue weighted by atomic mass is 10.1. The fourth-order valence-electron chi connectivity index (χ4n) is 1.82. The third-order valence-electron chi connectivity index (χ3n) is 2.74. The summed E-state index contributed by atoms with van der Waals surface area (Å²) in [6.45, 7) is 3.85. The first-order valence-electron chi connectivity index (χ1n) is 6.40. The van der Waals surface area contributed by atoms with Gasteiger partial charge in [-0.3, -0.25) is 0 Å². The molecule has 0 aliphatic rings. The van der Waals surface area contributed by atoms with Crippen molar-refractivity contribution in [1.29, 1.82) is 0 Å². The van der Waals surface area contributed by atoms with Crippen molar-refractivity contribution < 1.29 is 8.42 Å². The molecule has 1 rings (SSSR count). The molecule has 20 heavy (non-hydrogen) atoms. The standard InChI is InChI=1S/C13H22ClN3O2S/c1-10(2)16-20(18,19)15-9-13(17(3)4)11-5-7-12(14)8-6-11/h5-8,10,13,15-16H,9H2,1-4H3. The largest absolute Gasteiger partial charge is 0.301 e. The van der Waals surface area contributed by atoms with E-state index in [9.17, 15) is 8.42 Å². The third kappa shape index (κ3) is 5.76. The van der Waals surface area contributed by atoms with E-state index in [-0.39, 0.29) is 18.6 Å². The Morgan fingerprint density at radius 2 is 1.75 bits per heavy atom. The summed E-state index contributed by atoms with van der Waals surface area (Å²) in [7, 11) is 0.334. The molecule has 0 aliphatic heterocycles. The van der Waals surface area contributed by atoms with Crippen LogP contribution in [0.5, 0.6) is 0 Å². The quantitative estimate of drug-likeness (QED) is 0.805. The van der Waals surface area contributed by atoms with Gasteiger partial charge in [-0.05, 0) is 45.6 Å². The highest BCUT2D eigenvalue weighted by molar-refractivity contribution is 7.87. The summed E-state index contributed by atoms with van der Waals surface area (Å²) in [5.74, 6) is 0. The van der Waals surface area contributed by atoms with Gasteiger partial charge in [0.05, 0.1) is 0 Å². The summed E-state index contributed by atoms with van der Waals surface area (Å²) in [4.78, 5) is 1.96. The van der Waals surface area contributed by atoms with Crippen molar-refractivity contribution in [2.24, 2.45) is 0 Å². The predicted molar refractivity (Wildman–Crippen MR) is 83.1 cm³/mol. The minimum Gasteiger partial charge on any atom is -0.301 e. The van der Waals surface area contributed by atoms with Crippen molar-refractivity contribution in [3.63, 3.8) is 0 Å². The third-order valence-corrected chi connectivity index (χ3v) is 4.32. The van der Waals surface area contributed by atoms with Crippen molar-refractivity contribution in [2.75, 3.05) is 20.6 Å². The molecule has 0 aromatic heterocycles. The number of hydrogen-bond acceptors (Lipinski definition) is 3. The molecule has 1 atom stereocenters. The molecular weight excluding hydrogens is 298 g/mol. The Labute approximate surface area is 126 Å². The van der Waals surface area contributed by atoms with E-state index in [0.717, 1.165) is 5.56 Å². The van der Waals surface area contributed by atoms with E-state index in [4.69, 9.17) is 11.6 Å². The fourth-order valence-corrected chi connectivity index (χ4v) is 3.03. The predicted octanol–water partition coefficient (Wildman–Crippen LogP) is 1.78. The summed E-state index contributed by atoms with van der Waals surface area (Å²) < 4.78 is 28.6. The Morgan fingerprint density at radius 3 is 2.20 bits per heavy atom. The zero-order valence-corrected chi connectivity index (χ0v) is 13.8. The molecule has 2 N–H and O–H groups in total. The molecule has 0 bridgehead atoms. The molecule has 0 fully saturated rings. The zero-order valence-electron chi connectivity index (χ0n) is 12.2. The van der Waals surface area contributed by atoms with Crippen LogP contribution in [-0.4, -0.2) is 40.0 Å². The van der Waals surface area contributed by atoms with Crippen LogP contribution in [0, 0.1) is 0 Å². The highest BCUT2D eigenvalue weighted by Crippen LogP contribution is 2.19. The Balaban J connectivity index is 2.77. The first kappa shape index (κ1) is 17.4. The molecule has 0 radical (unpaired) electrons. The second kappa shape index (κ2) is 7.38. The fraction of sp³-hybridized carbons (Fsp3) is 0.538. The average molecular weight is 320 g/mol. The van der Waals surface area contributed by atoms with Gasteiger partial charge in [0.15, 0.2) is 0 Å². The highest BCUT2D eigenvalue weighted by atomic mass is 35.5. The first-order chi connectivity index (χ1) is 9.21. The molecule has 1 aromatic carbocycles. The number of hydrogen-bond donors (Lipinski definition) is 2. The van der Waals surface area contributed by atoms with Crippen LogP contribution in [0.1, 0.15) is 25.5 Å². The van der Waals surface area contributed by atoms with Crippen LogP contribution >= 0.6 is 11.6 Å². The molecule has 7 heteroatoms. The normalized spacial score (nSPS) is 13.9. The van der Waals surface area contributed by atoms with Gasteiger partial charge in [0.1, 0.15) is 0 Å². The van der Waals surface area contributed by atoms with Gasteiger partial charge >= 0.3 is 0 Å². The lowest BCUT2D eigenvalue weighted by Crippen LogP contribution is -2.43. The maximum atomic E-state index is 11.8. The minimum atomic E-state index is -3.48. The molecule has 0 saturated heterocycles. The highest BCUT2D eigenvalue weighted by Gasteiger charge is 2.18.